The quantitative estimate of drug-likeness (QED) is 0.828. The molecule has 1 N–H and O–H groups in total. The third-order valence-corrected chi connectivity index (χ3v) is 3.34. The molecule has 0 atom stereocenters. The number of rotatable bonds is 6. The molecule has 0 aliphatic carbocycles. The predicted molar refractivity (Wildman–Crippen MR) is 84.2 cm³/mol. The van der Waals surface area contributed by atoms with Gasteiger partial charge in [0.15, 0.2) is 0 Å². The summed E-state index contributed by atoms with van der Waals surface area (Å²) in [7, 11) is 1.69. The van der Waals surface area contributed by atoms with E-state index in [0.29, 0.717) is 19.0 Å². The van der Waals surface area contributed by atoms with Gasteiger partial charge in [-0.15, -0.1) is 0 Å². The van der Waals surface area contributed by atoms with E-state index in [2.05, 4.69) is 55.3 Å². The number of oxazole rings is 1. The second kappa shape index (κ2) is 6.87. The Balaban J connectivity index is 2.00. The van der Waals surface area contributed by atoms with E-state index < -0.39 is 0 Å². The highest BCUT2D eigenvalue weighted by Gasteiger charge is 2.14. The number of aromatic nitrogens is 1. The molecule has 2 rings (SSSR count). The minimum absolute atomic E-state index is 0.158. The Labute approximate surface area is 126 Å². The van der Waals surface area contributed by atoms with Gasteiger partial charge in [0.25, 0.3) is 0 Å². The third kappa shape index (κ3) is 4.41. The van der Waals surface area contributed by atoms with Crippen LogP contribution in [0.1, 0.15) is 32.0 Å². The summed E-state index contributed by atoms with van der Waals surface area (Å²) >= 11 is 0. The molecule has 1 aromatic heterocycles. The Bertz CT molecular complexity index is 553. The Kier molecular flexibility index (Phi) is 5.15. The van der Waals surface area contributed by atoms with Crippen LogP contribution in [-0.4, -0.2) is 25.2 Å². The number of ether oxygens (including phenoxy) is 1. The molecular formula is C17H24N2O2. The number of nitrogens with zero attached hydrogens (tertiary/aromatic N) is 1. The van der Waals surface area contributed by atoms with Crippen LogP contribution in [0.5, 0.6) is 0 Å². The molecular weight excluding hydrogens is 264 g/mol. The second-order valence-electron chi connectivity index (χ2n) is 6.14. The van der Waals surface area contributed by atoms with Crippen molar-refractivity contribution in [2.45, 2.75) is 32.7 Å². The highest BCUT2D eigenvalue weighted by atomic mass is 16.5. The van der Waals surface area contributed by atoms with Crippen molar-refractivity contribution >= 4 is 0 Å². The zero-order valence-corrected chi connectivity index (χ0v) is 13.3. The zero-order chi connectivity index (χ0) is 15.3. The van der Waals surface area contributed by atoms with E-state index in [1.807, 2.05) is 0 Å². The fourth-order valence-electron chi connectivity index (χ4n) is 2.02. The van der Waals surface area contributed by atoms with E-state index in [1.54, 1.807) is 13.4 Å². The molecule has 0 spiro atoms. The van der Waals surface area contributed by atoms with Crippen molar-refractivity contribution in [1.29, 1.82) is 0 Å². The van der Waals surface area contributed by atoms with Crippen LogP contribution < -0.4 is 5.32 Å². The lowest BCUT2D eigenvalue weighted by Crippen LogP contribution is -2.18. The number of nitrogens with one attached hydrogen (secondary N) is 1. The molecule has 1 heterocycles. The predicted octanol–water partition coefficient (Wildman–Crippen LogP) is 3.38. The molecule has 4 heteroatoms. The summed E-state index contributed by atoms with van der Waals surface area (Å²) in [5.74, 6) is 0.666. The molecule has 0 amide bonds. The standard InChI is InChI=1S/C17H24N2O2/c1-17(2,3)14-7-5-13(6-8-14)16-19-15(12-21-16)11-18-9-10-20-4/h5-8,12,18H,9-11H2,1-4H3. The smallest absolute Gasteiger partial charge is 0.226 e. The first-order valence-electron chi connectivity index (χ1n) is 7.25. The molecule has 0 unspecified atom stereocenters. The average molecular weight is 288 g/mol. The minimum atomic E-state index is 0.158. The van der Waals surface area contributed by atoms with E-state index >= 15 is 0 Å². The Hall–Kier alpha value is -1.65. The van der Waals surface area contributed by atoms with Gasteiger partial charge < -0.3 is 14.5 Å². The molecule has 1 aromatic carbocycles. The second-order valence-corrected chi connectivity index (χ2v) is 6.14. The molecule has 21 heavy (non-hydrogen) atoms. The van der Waals surface area contributed by atoms with Gasteiger partial charge in [0, 0.05) is 25.8 Å². The Morgan fingerprint density at radius 3 is 2.52 bits per heavy atom. The summed E-state index contributed by atoms with van der Waals surface area (Å²) in [6.45, 7) is 8.80. The first-order chi connectivity index (χ1) is 10.0. The van der Waals surface area contributed by atoms with Crippen molar-refractivity contribution in [1.82, 2.24) is 10.3 Å². The van der Waals surface area contributed by atoms with Gasteiger partial charge in [0.2, 0.25) is 5.89 Å². The summed E-state index contributed by atoms with van der Waals surface area (Å²) in [6, 6.07) is 8.40. The Morgan fingerprint density at radius 2 is 1.90 bits per heavy atom. The monoisotopic (exact) mass is 288 g/mol. The van der Waals surface area contributed by atoms with Crippen LogP contribution >= 0.6 is 0 Å². The topological polar surface area (TPSA) is 47.3 Å². The molecule has 0 saturated carbocycles. The van der Waals surface area contributed by atoms with Crippen molar-refractivity contribution in [3.8, 4) is 11.5 Å². The van der Waals surface area contributed by atoms with Crippen molar-refractivity contribution in [2.24, 2.45) is 0 Å². The fourth-order valence-corrected chi connectivity index (χ4v) is 2.02. The van der Waals surface area contributed by atoms with Crippen LogP contribution in [0.15, 0.2) is 34.9 Å². The summed E-state index contributed by atoms with van der Waals surface area (Å²) < 4.78 is 10.5. The maximum atomic E-state index is 5.55. The zero-order valence-electron chi connectivity index (χ0n) is 13.3. The summed E-state index contributed by atoms with van der Waals surface area (Å²) in [6.07, 6.45) is 1.70. The molecule has 0 radical (unpaired) electrons. The van der Waals surface area contributed by atoms with E-state index in [9.17, 15) is 0 Å². The number of hydrogen-bond donors (Lipinski definition) is 1. The lowest BCUT2D eigenvalue weighted by Gasteiger charge is -2.18. The van der Waals surface area contributed by atoms with E-state index in [0.717, 1.165) is 17.8 Å². The largest absolute Gasteiger partial charge is 0.444 e. The van der Waals surface area contributed by atoms with Gasteiger partial charge in [-0.05, 0) is 23.1 Å². The van der Waals surface area contributed by atoms with E-state index in [4.69, 9.17) is 9.15 Å². The van der Waals surface area contributed by atoms with Crippen molar-refractivity contribution in [3.05, 3.63) is 41.8 Å². The van der Waals surface area contributed by atoms with Crippen LogP contribution in [0.3, 0.4) is 0 Å². The van der Waals surface area contributed by atoms with Gasteiger partial charge in [-0.1, -0.05) is 32.9 Å². The van der Waals surface area contributed by atoms with Crippen molar-refractivity contribution < 1.29 is 9.15 Å². The van der Waals surface area contributed by atoms with Crippen molar-refractivity contribution in [2.75, 3.05) is 20.3 Å². The lowest BCUT2D eigenvalue weighted by molar-refractivity contribution is 0.199. The SMILES string of the molecule is COCCNCc1coc(-c2ccc(C(C)(C)C)cc2)n1. The number of methoxy groups -OCH3 is 1. The van der Waals surface area contributed by atoms with E-state index in [1.165, 1.54) is 5.56 Å². The molecule has 4 nitrogen and oxygen atoms in total. The summed E-state index contributed by atoms with van der Waals surface area (Å²) in [4.78, 5) is 4.50. The first kappa shape index (κ1) is 15.7. The average Bonchev–Trinajstić information content (AvgIpc) is 2.92. The molecule has 0 aliphatic rings. The highest BCUT2D eigenvalue weighted by Crippen LogP contribution is 2.25. The fraction of sp³-hybridized carbons (Fsp3) is 0.471. The molecule has 114 valence electrons. The maximum absolute atomic E-state index is 5.55. The minimum Gasteiger partial charge on any atom is -0.444 e. The van der Waals surface area contributed by atoms with Gasteiger partial charge in [-0.3, -0.25) is 0 Å². The van der Waals surface area contributed by atoms with Gasteiger partial charge in [-0.2, -0.15) is 0 Å². The highest BCUT2D eigenvalue weighted by molar-refractivity contribution is 5.54. The molecule has 2 aromatic rings. The lowest BCUT2D eigenvalue weighted by atomic mass is 9.87. The van der Waals surface area contributed by atoms with Crippen LogP contribution in [0.25, 0.3) is 11.5 Å². The molecule has 0 bridgehead atoms. The van der Waals surface area contributed by atoms with Crippen LogP contribution in [0, 0.1) is 0 Å². The van der Waals surface area contributed by atoms with Gasteiger partial charge in [0.1, 0.15) is 6.26 Å². The third-order valence-electron chi connectivity index (χ3n) is 3.34. The van der Waals surface area contributed by atoms with Crippen molar-refractivity contribution in [3.63, 3.8) is 0 Å². The van der Waals surface area contributed by atoms with Gasteiger partial charge in [0.05, 0.1) is 12.3 Å². The normalized spacial score (nSPS) is 11.8. The molecule has 0 aliphatic heterocycles. The van der Waals surface area contributed by atoms with Gasteiger partial charge in [-0.25, -0.2) is 4.98 Å². The maximum Gasteiger partial charge on any atom is 0.226 e. The molecule has 0 saturated heterocycles. The van der Waals surface area contributed by atoms with Crippen LogP contribution in [0.4, 0.5) is 0 Å². The van der Waals surface area contributed by atoms with Gasteiger partial charge >= 0.3 is 0 Å². The summed E-state index contributed by atoms with van der Waals surface area (Å²) in [5.41, 5.74) is 3.37. The van der Waals surface area contributed by atoms with Crippen LogP contribution in [0.2, 0.25) is 0 Å². The van der Waals surface area contributed by atoms with E-state index in [-0.39, 0.29) is 5.41 Å². The Morgan fingerprint density at radius 1 is 1.19 bits per heavy atom. The molecule has 0 fully saturated rings. The summed E-state index contributed by atoms with van der Waals surface area (Å²) in [5, 5.41) is 3.25. The number of hydrogen-bond acceptors (Lipinski definition) is 4. The first-order valence-corrected chi connectivity index (χ1v) is 7.25. The number of benzene rings is 1. The van der Waals surface area contributed by atoms with Crippen LogP contribution in [-0.2, 0) is 16.7 Å².